The Labute approximate surface area is 109 Å². The number of piperidine rings is 1. The second-order valence-corrected chi connectivity index (χ2v) is 5.09. The van der Waals surface area contributed by atoms with E-state index in [-0.39, 0.29) is 18.0 Å². The van der Waals surface area contributed by atoms with Crippen LogP contribution in [-0.2, 0) is 4.79 Å². The van der Waals surface area contributed by atoms with Gasteiger partial charge in [0.2, 0.25) is 5.91 Å². The smallest absolute Gasteiger partial charge is 0.237 e. The lowest BCUT2D eigenvalue weighted by molar-refractivity contribution is -0.124. The van der Waals surface area contributed by atoms with Crippen LogP contribution in [0.15, 0.2) is 24.3 Å². The number of rotatable bonds is 3. The van der Waals surface area contributed by atoms with Gasteiger partial charge in [0.15, 0.2) is 0 Å². The van der Waals surface area contributed by atoms with Crippen molar-refractivity contribution in [2.24, 2.45) is 0 Å². The zero-order valence-electron chi connectivity index (χ0n) is 11.2. The summed E-state index contributed by atoms with van der Waals surface area (Å²) in [6.45, 7) is 5.08. The van der Waals surface area contributed by atoms with Gasteiger partial charge in [0.25, 0.3) is 0 Å². The summed E-state index contributed by atoms with van der Waals surface area (Å²) < 4.78 is 0. The van der Waals surface area contributed by atoms with Crippen molar-refractivity contribution in [2.45, 2.75) is 45.2 Å². The van der Waals surface area contributed by atoms with Crippen molar-refractivity contribution in [1.82, 2.24) is 10.6 Å². The summed E-state index contributed by atoms with van der Waals surface area (Å²) in [5.41, 5.74) is 2.42. The fraction of sp³-hybridized carbons (Fsp3) is 0.533. The molecule has 3 nitrogen and oxygen atoms in total. The third-order valence-corrected chi connectivity index (χ3v) is 3.64. The average molecular weight is 246 g/mol. The first-order valence-electron chi connectivity index (χ1n) is 6.78. The Morgan fingerprint density at radius 2 is 2.17 bits per heavy atom. The van der Waals surface area contributed by atoms with Crippen LogP contribution in [0.25, 0.3) is 0 Å². The highest BCUT2D eigenvalue weighted by molar-refractivity contribution is 5.82. The molecule has 1 amide bonds. The van der Waals surface area contributed by atoms with Gasteiger partial charge in [0.1, 0.15) is 0 Å². The molecule has 0 radical (unpaired) electrons. The number of carbonyl (C=O) groups is 1. The monoisotopic (exact) mass is 246 g/mol. The number of nitrogens with one attached hydrogen (secondary N) is 2. The van der Waals surface area contributed by atoms with Crippen molar-refractivity contribution in [3.05, 3.63) is 35.4 Å². The van der Waals surface area contributed by atoms with E-state index < -0.39 is 0 Å². The molecule has 0 aliphatic carbocycles. The van der Waals surface area contributed by atoms with Crippen molar-refractivity contribution in [3.63, 3.8) is 0 Å². The molecule has 18 heavy (non-hydrogen) atoms. The lowest BCUT2D eigenvalue weighted by Gasteiger charge is -2.25. The minimum Gasteiger partial charge on any atom is -0.348 e. The second kappa shape index (κ2) is 6.01. The van der Waals surface area contributed by atoms with Gasteiger partial charge in [-0.3, -0.25) is 4.79 Å². The van der Waals surface area contributed by atoms with Crippen molar-refractivity contribution >= 4 is 5.91 Å². The lowest BCUT2D eigenvalue weighted by Crippen LogP contribution is -2.47. The van der Waals surface area contributed by atoms with E-state index in [0.717, 1.165) is 19.4 Å². The van der Waals surface area contributed by atoms with Crippen molar-refractivity contribution in [2.75, 3.05) is 6.54 Å². The Balaban J connectivity index is 1.96. The molecule has 1 fully saturated rings. The van der Waals surface area contributed by atoms with E-state index in [2.05, 4.69) is 29.7 Å². The largest absolute Gasteiger partial charge is 0.348 e. The van der Waals surface area contributed by atoms with Gasteiger partial charge in [-0.1, -0.05) is 30.7 Å². The van der Waals surface area contributed by atoms with Crippen LogP contribution in [-0.4, -0.2) is 18.5 Å². The first kappa shape index (κ1) is 13.1. The van der Waals surface area contributed by atoms with Crippen LogP contribution < -0.4 is 10.6 Å². The van der Waals surface area contributed by atoms with E-state index in [9.17, 15) is 4.79 Å². The SMILES string of the molecule is Cc1ccccc1[C@@H](C)NC(=O)C1CCCCN1. The molecular formula is C15H22N2O. The fourth-order valence-electron chi connectivity index (χ4n) is 2.54. The predicted molar refractivity (Wildman–Crippen MR) is 73.4 cm³/mol. The van der Waals surface area contributed by atoms with Crippen LogP contribution in [0, 0.1) is 6.92 Å². The molecule has 2 atom stereocenters. The van der Waals surface area contributed by atoms with Crippen molar-refractivity contribution < 1.29 is 4.79 Å². The molecule has 0 aromatic heterocycles. The molecule has 3 heteroatoms. The fourth-order valence-corrected chi connectivity index (χ4v) is 2.54. The molecule has 98 valence electrons. The van der Waals surface area contributed by atoms with Gasteiger partial charge < -0.3 is 10.6 Å². The number of benzene rings is 1. The zero-order chi connectivity index (χ0) is 13.0. The Morgan fingerprint density at radius 3 is 2.83 bits per heavy atom. The van der Waals surface area contributed by atoms with Crippen molar-refractivity contribution in [1.29, 1.82) is 0 Å². The van der Waals surface area contributed by atoms with Gasteiger partial charge in [-0.15, -0.1) is 0 Å². The minimum atomic E-state index is -0.00906. The third-order valence-electron chi connectivity index (χ3n) is 3.64. The molecule has 1 heterocycles. The molecule has 1 aliphatic rings. The van der Waals surface area contributed by atoms with E-state index in [1.165, 1.54) is 17.5 Å². The third kappa shape index (κ3) is 3.10. The molecule has 0 spiro atoms. The van der Waals surface area contributed by atoms with Gasteiger partial charge in [-0.05, 0) is 44.4 Å². The summed E-state index contributed by atoms with van der Waals surface area (Å²) in [5, 5.41) is 6.38. The van der Waals surface area contributed by atoms with Gasteiger partial charge in [-0.2, -0.15) is 0 Å². The number of hydrogen-bond donors (Lipinski definition) is 2. The molecule has 0 bridgehead atoms. The Hall–Kier alpha value is -1.35. The zero-order valence-corrected chi connectivity index (χ0v) is 11.2. The highest BCUT2D eigenvalue weighted by Gasteiger charge is 2.22. The van der Waals surface area contributed by atoms with Crippen LogP contribution in [0.5, 0.6) is 0 Å². The minimum absolute atomic E-state index is 0.00906. The topological polar surface area (TPSA) is 41.1 Å². The molecular weight excluding hydrogens is 224 g/mol. The number of carbonyl (C=O) groups excluding carboxylic acids is 1. The highest BCUT2D eigenvalue weighted by Crippen LogP contribution is 2.17. The molecule has 1 unspecified atom stereocenters. The summed E-state index contributed by atoms with van der Waals surface area (Å²) in [6.07, 6.45) is 3.27. The standard InChI is InChI=1S/C15H22N2O/c1-11-7-3-4-8-13(11)12(2)17-15(18)14-9-5-6-10-16-14/h3-4,7-8,12,14,16H,5-6,9-10H2,1-2H3,(H,17,18)/t12-,14?/m1/s1. The highest BCUT2D eigenvalue weighted by atomic mass is 16.2. The maximum absolute atomic E-state index is 12.1. The van der Waals surface area contributed by atoms with Crippen LogP contribution in [0.1, 0.15) is 43.4 Å². The van der Waals surface area contributed by atoms with E-state index in [1.54, 1.807) is 0 Å². The van der Waals surface area contributed by atoms with E-state index in [1.807, 2.05) is 19.1 Å². The molecule has 1 saturated heterocycles. The van der Waals surface area contributed by atoms with Crippen LogP contribution in [0.2, 0.25) is 0 Å². The van der Waals surface area contributed by atoms with Gasteiger partial charge in [-0.25, -0.2) is 0 Å². The Bertz CT molecular complexity index is 411. The summed E-state index contributed by atoms with van der Waals surface area (Å²) in [5.74, 6) is 0.130. The van der Waals surface area contributed by atoms with Gasteiger partial charge >= 0.3 is 0 Å². The second-order valence-electron chi connectivity index (χ2n) is 5.09. The van der Waals surface area contributed by atoms with Crippen LogP contribution >= 0.6 is 0 Å². The van der Waals surface area contributed by atoms with E-state index in [0.29, 0.717) is 0 Å². The predicted octanol–water partition coefficient (Wildman–Crippen LogP) is 2.31. The number of amides is 1. The summed E-state index contributed by atoms with van der Waals surface area (Å²) in [6, 6.07) is 8.26. The van der Waals surface area contributed by atoms with Gasteiger partial charge in [0.05, 0.1) is 12.1 Å². The molecule has 1 aromatic carbocycles. The lowest BCUT2D eigenvalue weighted by atomic mass is 10.0. The summed E-state index contributed by atoms with van der Waals surface area (Å²) in [4.78, 5) is 12.1. The normalized spacial score (nSPS) is 21.3. The molecule has 0 saturated carbocycles. The van der Waals surface area contributed by atoms with Gasteiger partial charge in [0, 0.05) is 0 Å². The Kier molecular flexibility index (Phi) is 4.37. The maximum atomic E-state index is 12.1. The van der Waals surface area contributed by atoms with E-state index in [4.69, 9.17) is 0 Å². The maximum Gasteiger partial charge on any atom is 0.237 e. The van der Waals surface area contributed by atoms with E-state index >= 15 is 0 Å². The molecule has 2 N–H and O–H groups in total. The first-order chi connectivity index (χ1) is 8.68. The van der Waals surface area contributed by atoms with Crippen LogP contribution in [0.4, 0.5) is 0 Å². The number of aryl methyl sites for hydroxylation is 1. The Morgan fingerprint density at radius 1 is 1.39 bits per heavy atom. The number of hydrogen-bond acceptors (Lipinski definition) is 2. The summed E-state index contributed by atoms with van der Waals surface area (Å²) in [7, 11) is 0. The summed E-state index contributed by atoms with van der Waals surface area (Å²) >= 11 is 0. The molecule has 1 aliphatic heterocycles. The van der Waals surface area contributed by atoms with Crippen LogP contribution in [0.3, 0.4) is 0 Å². The average Bonchev–Trinajstić information content (AvgIpc) is 2.40. The first-order valence-corrected chi connectivity index (χ1v) is 6.78. The molecule has 1 aromatic rings. The van der Waals surface area contributed by atoms with Crippen molar-refractivity contribution in [3.8, 4) is 0 Å². The quantitative estimate of drug-likeness (QED) is 0.859. The molecule has 2 rings (SSSR count).